The summed E-state index contributed by atoms with van der Waals surface area (Å²) in [5, 5.41) is 4.86. The second-order valence-corrected chi connectivity index (χ2v) is 8.72. The van der Waals surface area contributed by atoms with E-state index in [1.165, 1.54) is 18.5 Å². The Morgan fingerprint density at radius 2 is 2.00 bits per heavy atom. The molecule has 3 heterocycles. The number of hydrogen-bond acceptors (Lipinski definition) is 4. The number of fused-ring (bicyclic) bond motifs is 1. The van der Waals surface area contributed by atoms with Crippen LogP contribution in [0.15, 0.2) is 0 Å². The van der Waals surface area contributed by atoms with Crippen molar-refractivity contribution in [2.75, 3.05) is 32.8 Å². The van der Waals surface area contributed by atoms with Crippen molar-refractivity contribution in [1.29, 1.82) is 0 Å². The summed E-state index contributed by atoms with van der Waals surface area (Å²) in [5.74, 6) is 0.893. The summed E-state index contributed by atoms with van der Waals surface area (Å²) < 4.78 is 7.86. The van der Waals surface area contributed by atoms with Crippen LogP contribution in [0.3, 0.4) is 0 Å². The van der Waals surface area contributed by atoms with E-state index in [2.05, 4.69) is 28.3 Å². The zero-order valence-corrected chi connectivity index (χ0v) is 17.7. The molecule has 0 bridgehead atoms. The maximum atomic E-state index is 13.7. The van der Waals surface area contributed by atoms with E-state index in [4.69, 9.17) is 9.84 Å². The SMILES string of the molecule is CCCCN(C(=O)c1nn(CC2CC2)c2c1COCC2)C1CCN(CC)CC1. The molecule has 0 spiro atoms. The van der Waals surface area contributed by atoms with Gasteiger partial charge in [-0.3, -0.25) is 9.48 Å². The highest BCUT2D eigenvalue weighted by atomic mass is 16.5. The standard InChI is InChI=1S/C22H36N4O2/c1-3-5-11-25(18-8-12-24(4-2)13-9-18)22(27)21-19-16-28-14-10-20(19)26(23-21)15-17-6-7-17/h17-18H,3-16H2,1-2H3. The van der Waals surface area contributed by atoms with E-state index in [0.29, 0.717) is 18.3 Å². The van der Waals surface area contributed by atoms with Crippen LogP contribution in [0.1, 0.15) is 74.1 Å². The second-order valence-electron chi connectivity index (χ2n) is 8.72. The first-order valence-corrected chi connectivity index (χ1v) is 11.4. The Bertz CT molecular complexity index is 674. The van der Waals surface area contributed by atoms with E-state index < -0.39 is 0 Å². The number of unbranched alkanes of at least 4 members (excludes halogenated alkanes) is 1. The molecule has 0 unspecified atom stereocenters. The number of amides is 1. The molecule has 0 N–H and O–H groups in total. The average molecular weight is 389 g/mol. The Morgan fingerprint density at radius 3 is 2.68 bits per heavy atom. The van der Waals surface area contributed by atoms with Gasteiger partial charge in [-0.15, -0.1) is 0 Å². The minimum Gasteiger partial charge on any atom is -0.376 e. The van der Waals surface area contributed by atoms with Gasteiger partial charge in [0.15, 0.2) is 5.69 Å². The van der Waals surface area contributed by atoms with Crippen molar-refractivity contribution in [2.45, 2.75) is 78.0 Å². The number of carbonyl (C=O) groups is 1. The normalized spacial score (nSPS) is 20.9. The molecule has 1 saturated carbocycles. The van der Waals surface area contributed by atoms with Gasteiger partial charge in [0.1, 0.15) is 0 Å². The van der Waals surface area contributed by atoms with Crippen molar-refractivity contribution >= 4 is 5.91 Å². The number of piperidine rings is 1. The Hall–Kier alpha value is -1.40. The van der Waals surface area contributed by atoms with E-state index in [0.717, 1.165) is 82.9 Å². The summed E-state index contributed by atoms with van der Waals surface area (Å²) in [5.41, 5.74) is 2.98. The number of rotatable bonds is 8. The van der Waals surface area contributed by atoms with Crippen LogP contribution in [-0.2, 0) is 24.3 Å². The minimum atomic E-state index is 0.139. The fraction of sp³-hybridized carbons (Fsp3) is 0.818. The molecular weight excluding hydrogens is 352 g/mol. The predicted molar refractivity (Wildman–Crippen MR) is 109 cm³/mol. The summed E-state index contributed by atoms with van der Waals surface area (Å²) in [7, 11) is 0. The molecule has 6 nitrogen and oxygen atoms in total. The average Bonchev–Trinajstić information content (AvgIpc) is 3.48. The predicted octanol–water partition coefficient (Wildman–Crippen LogP) is 3.09. The number of likely N-dealkylation sites (tertiary alicyclic amines) is 1. The van der Waals surface area contributed by atoms with Gasteiger partial charge in [0.2, 0.25) is 0 Å². The zero-order chi connectivity index (χ0) is 19.5. The lowest BCUT2D eigenvalue weighted by Crippen LogP contribution is -2.48. The molecule has 0 atom stereocenters. The highest BCUT2D eigenvalue weighted by Crippen LogP contribution is 2.33. The topological polar surface area (TPSA) is 50.6 Å². The van der Waals surface area contributed by atoms with Crippen molar-refractivity contribution in [3.8, 4) is 0 Å². The largest absolute Gasteiger partial charge is 0.376 e. The Morgan fingerprint density at radius 1 is 1.21 bits per heavy atom. The Labute approximate surface area is 169 Å². The van der Waals surface area contributed by atoms with Gasteiger partial charge >= 0.3 is 0 Å². The molecular formula is C22H36N4O2. The van der Waals surface area contributed by atoms with Crippen LogP contribution in [0.25, 0.3) is 0 Å². The van der Waals surface area contributed by atoms with Gasteiger partial charge in [-0.1, -0.05) is 20.3 Å². The molecule has 2 fully saturated rings. The van der Waals surface area contributed by atoms with Crippen molar-refractivity contribution < 1.29 is 9.53 Å². The number of aromatic nitrogens is 2. The minimum absolute atomic E-state index is 0.139. The van der Waals surface area contributed by atoms with E-state index in [9.17, 15) is 4.79 Å². The van der Waals surface area contributed by atoms with Gasteiger partial charge in [0, 0.05) is 49.9 Å². The maximum Gasteiger partial charge on any atom is 0.274 e. The zero-order valence-electron chi connectivity index (χ0n) is 17.7. The lowest BCUT2D eigenvalue weighted by molar-refractivity contribution is 0.0558. The molecule has 0 aromatic carbocycles. The van der Waals surface area contributed by atoms with E-state index in [1.807, 2.05) is 0 Å². The van der Waals surface area contributed by atoms with Crippen molar-refractivity contribution in [1.82, 2.24) is 19.6 Å². The highest BCUT2D eigenvalue weighted by molar-refractivity contribution is 5.94. The summed E-state index contributed by atoms with van der Waals surface area (Å²) in [6, 6.07) is 0.343. The Kier molecular flexibility index (Phi) is 6.36. The van der Waals surface area contributed by atoms with E-state index in [1.54, 1.807) is 0 Å². The third-order valence-electron chi connectivity index (χ3n) is 6.69. The lowest BCUT2D eigenvalue weighted by atomic mass is 10.0. The van der Waals surface area contributed by atoms with Gasteiger partial charge in [-0.05, 0) is 44.6 Å². The third kappa shape index (κ3) is 4.28. The number of hydrogen-bond donors (Lipinski definition) is 0. The summed E-state index contributed by atoms with van der Waals surface area (Å²) >= 11 is 0. The number of nitrogens with zero attached hydrogens (tertiary/aromatic N) is 4. The van der Waals surface area contributed by atoms with Gasteiger partial charge in [-0.25, -0.2) is 0 Å². The molecule has 3 aliphatic rings. The molecule has 0 radical (unpaired) electrons. The van der Waals surface area contributed by atoms with Crippen LogP contribution in [0, 0.1) is 5.92 Å². The van der Waals surface area contributed by atoms with E-state index >= 15 is 0 Å². The molecule has 1 aliphatic carbocycles. The van der Waals surface area contributed by atoms with Crippen LogP contribution in [0.5, 0.6) is 0 Å². The van der Waals surface area contributed by atoms with Crippen LogP contribution in [-0.4, -0.2) is 64.3 Å². The second kappa shape index (κ2) is 8.95. The lowest BCUT2D eigenvalue weighted by Gasteiger charge is -2.38. The summed E-state index contributed by atoms with van der Waals surface area (Å²) in [6.07, 6.45) is 7.79. The summed E-state index contributed by atoms with van der Waals surface area (Å²) in [6.45, 7) is 10.8. The molecule has 28 heavy (non-hydrogen) atoms. The Balaban J connectivity index is 1.56. The molecule has 1 saturated heterocycles. The third-order valence-corrected chi connectivity index (χ3v) is 6.69. The van der Waals surface area contributed by atoms with Crippen molar-refractivity contribution in [3.63, 3.8) is 0 Å². The van der Waals surface area contributed by atoms with Crippen LogP contribution in [0.4, 0.5) is 0 Å². The molecule has 4 rings (SSSR count). The molecule has 1 aromatic rings. The molecule has 6 heteroatoms. The van der Waals surface area contributed by atoms with Crippen molar-refractivity contribution in [2.24, 2.45) is 5.92 Å². The monoisotopic (exact) mass is 388 g/mol. The van der Waals surface area contributed by atoms with E-state index in [-0.39, 0.29) is 5.91 Å². The molecule has 1 amide bonds. The fourth-order valence-electron chi connectivity index (χ4n) is 4.64. The smallest absolute Gasteiger partial charge is 0.274 e. The van der Waals surface area contributed by atoms with Gasteiger partial charge in [0.25, 0.3) is 5.91 Å². The summed E-state index contributed by atoms with van der Waals surface area (Å²) in [4.78, 5) is 18.3. The van der Waals surface area contributed by atoms with Gasteiger partial charge in [0.05, 0.1) is 13.2 Å². The first-order valence-electron chi connectivity index (χ1n) is 11.4. The first kappa shape index (κ1) is 19.9. The molecule has 156 valence electrons. The molecule has 1 aromatic heterocycles. The quantitative estimate of drug-likeness (QED) is 0.687. The van der Waals surface area contributed by atoms with Gasteiger partial charge < -0.3 is 14.5 Å². The van der Waals surface area contributed by atoms with Gasteiger partial charge in [-0.2, -0.15) is 5.10 Å². The fourth-order valence-corrected chi connectivity index (χ4v) is 4.64. The van der Waals surface area contributed by atoms with Crippen LogP contribution >= 0.6 is 0 Å². The first-order chi connectivity index (χ1) is 13.7. The van der Waals surface area contributed by atoms with Crippen LogP contribution in [0.2, 0.25) is 0 Å². The molecule has 2 aliphatic heterocycles. The van der Waals surface area contributed by atoms with Crippen molar-refractivity contribution in [3.05, 3.63) is 17.0 Å². The van der Waals surface area contributed by atoms with Crippen LogP contribution < -0.4 is 0 Å². The maximum absolute atomic E-state index is 13.7. The number of ether oxygens (including phenoxy) is 1. The number of carbonyl (C=O) groups excluding carboxylic acids is 1. The highest BCUT2D eigenvalue weighted by Gasteiger charge is 2.34.